The van der Waals surface area contributed by atoms with Crippen LogP contribution < -0.4 is 0 Å². The van der Waals surface area contributed by atoms with E-state index in [1.165, 1.54) is 12.1 Å². The zero-order valence-corrected chi connectivity index (χ0v) is 20.3. The molecule has 0 fully saturated rings. The lowest BCUT2D eigenvalue weighted by molar-refractivity contribution is -0.138. The molecule has 6 nitrogen and oxygen atoms in total. The molecule has 0 aliphatic heterocycles. The van der Waals surface area contributed by atoms with E-state index in [2.05, 4.69) is 11.8 Å². The number of aliphatic carboxylic acids is 1. The minimum Gasteiger partial charge on any atom is -0.481 e. The second-order valence-electron chi connectivity index (χ2n) is 8.19. The molecule has 2 N–H and O–H groups in total. The number of carbonyl (C=O) groups is 1. The molecule has 1 aromatic heterocycles. The van der Waals surface area contributed by atoms with E-state index < -0.39 is 26.5 Å². The molecule has 0 radical (unpaired) electrons. The van der Waals surface area contributed by atoms with E-state index in [1.807, 2.05) is 50.2 Å². The number of nitrogens with zero attached hydrogens (tertiary/aromatic N) is 1. The number of pyridine rings is 1. The van der Waals surface area contributed by atoms with Gasteiger partial charge in [-0.3, -0.25) is 4.79 Å². The number of aliphatic hydroxyl groups is 1. The van der Waals surface area contributed by atoms with Crippen molar-refractivity contribution in [3.63, 3.8) is 0 Å². The molecule has 0 spiro atoms. The topological polar surface area (TPSA) is 96.7 Å². The van der Waals surface area contributed by atoms with Crippen molar-refractivity contribution in [1.82, 2.24) is 4.98 Å². The first-order valence-electron chi connectivity index (χ1n) is 11.1. The van der Waals surface area contributed by atoms with E-state index in [4.69, 9.17) is 14.6 Å². The molecule has 180 valence electrons. The molecule has 0 saturated heterocycles. The Balaban J connectivity index is 1.95. The van der Waals surface area contributed by atoms with Crippen molar-refractivity contribution in [2.45, 2.75) is 32.3 Å². The van der Waals surface area contributed by atoms with E-state index >= 15 is 0 Å². The minimum absolute atomic E-state index is 0.104. The largest absolute Gasteiger partial charge is 0.511 e. The first-order valence-corrected chi connectivity index (χ1v) is 12.4. The fourth-order valence-electron chi connectivity index (χ4n) is 3.44. The summed E-state index contributed by atoms with van der Waals surface area (Å²) in [4.78, 5) is 15.5. The highest BCUT2D eigenvalue weighted by molar-refractivity contribution is 7.39. The molecule has 2 aromatic carbocycles. The Bertz CT molecular complexity index is 1250. The highest BCUT2D eigenvalue weighted by Gasteiger charge is 2.25. The lowest BCUT2D eigenvalue weighted by atomic mass is 9.92. The van der Waals surface area contributed by atoms with Gasteiger partial charge in [0.1, 0.15) is 11.9 Å². The van der Waals surface area contributed by atoms with Gasteiger partial charge >= 0.3 is 14.0 Å². The van der Waals surface area contributed by atoms with Gasteiger partial charge in [-0.15, -0.1) is 4.52 Å². The van der Waals surface area contributed by atoms with Gasteiger partial charge in [0.25, 0.3) is 0 Å². The molecule has 3 aromatic rings. The van der Waals surface area contributed by atoms with Crippen LogP contribution >= 0.6 is 8.03 Å². The van der Waals surface area contributed by atoms with Crippen LogP contribution in [0.25, 0.3) is 22.5 Å². The summed E-state index contributed by atoms with van der Waals surface area (Å²) in [6.07, 6.45) is -2.04. The summed E-state index contributed by atoms with van der Waals surface area (Å²) in [5, 5.41) is 18.3. The number of aromatic nitrogens is 1. The van der Waals surface area contributed by atoms with Gasteiger partial charge in [0, 0.05) is 11.1 Å². The third-order valence-electron chi connectivity index (χ3n) is 5.12. The van der Waals surface area contributed by atoms with E-state index in [0.29, 0.717) is 16.8 Å². The van der Waals surface area contributed by atoms with Gasteiger partial charge < -0.3 is 10.2 Å². The van der Waals surface area contributed by atoms with Crippen LogP contribution in [0, 0.1) is 17.7 Å². The second-order valence-corrected chi connectivity index (χ2v) is 9.48. The average Bonchev–Trinajstić information content (AvgIpc) is 2.82. The SMILES string of the molecule is CC(C)c1cc(-c2ccccc2)nc(-c2ccc(F)cc2)c1C#CCO[P+](=O)CC(O)CC(=O)O. The van der Waals surface area contributed by atoms with Crippen molar-refractivity contribution in [3.8, 4) is 34.4 Å². The molecule has 2 atom stereocenters. The Morgan fingerprint density at radius 1 is 1.11 bits per heavy atom. The van der Waals surface area contributed by atoms with Crippen molar-refractivity contribution in [3.05, 3.63) is 77.6 Å². The molecule has 0 bridgehead atoms. The van der Waals surface area contributed by atoms with Crippen LogP contribution in [-0.4, -0.2) is 40.0 Å². The molecule has 35 heavy (non-hydrogen) atoms. The summed E-state index contributed by atoms with van der Waals surface area (Å²) >= 11 is 0. The number of rotatable bonds is 9. The highest BCUT2D eigenvalue weighted by Crippen LogP contribution is 2.32. The first-order chi connectivity index (χ1) is 16.7. The molecule has 0 aliphatic carbocycles. The normalized spacial score (nSPS) is 12.1. The van der Waals surface area contributed by atoms with Crippen molar-refractivity contribution in [2.24, 2.45) is 0 Å². The number of aliphatic hydroxyl groups excluding tert-OH is 1. The number of carboxylic acid groups (broad SMARTS) is 1. The van der Waals surface area contributed by atoms with Gasteiger partial charge in [-0.1, -0.05) is 56.0 Å². The Morgan fingerprint density at radius 3 is 2.43 bits per heavy atom. The number of carboxylic acids is 1. The Labute approximate surface area is 204 Å². The number of halogens is 1. The Hall–Kier alpha value is -3.43. The van der Waals surface area contributed by atoms with Crippen molar-refractivity contribution in [1.29, 1.82) is 0 Å². The van der Waals surface area contributed by atoms with E-state index in [1.54, 1.807) is 12.1 Å². The fraction of sp³-hybridized carbons (Fsp3) is 0.259. The highest BCUT2D eigenvalue weighted by atomic mass is 31.1. The molecule has 3 rings (SSSR count). The molecule has 0 amide bonds. The van der Waals surface area contributed by atoms with Crippen LogP contribution in [0.2, 0.25) is 0 Å². The smallest absolute Gasteiger partial charge is 0.481 e. The van der Waals surface area contributed by atoms with Crippen LogP contribution in [0.5, 0.6) is 0 Å². The maximum Gasteiger partial charge on any atom is 0.511 e. The summed E-state index contributed by atoms with van der Waals surface area (Å²) < 4.78 is 30.8. The summed E-state index contributed by atoms with van der Waals surface area (Å²) in [5.41, 5.74) is 4.63. The van der Waals surface area contributed by atoms with Crippen molar-refractivity contribution >= 4 is 14.0 Å². The van der Waals surface area contributed by atoms with Crippen LogP contribution in [0.3, 0.4) is 0 Å². The fourth-order valence-corrected chi connectivity index (χ4v) is 4.23. The summed E-state index contributed by atoms with van der Waals surface area (Å²) in [6, 6.07) is 17.8. The molecule has 2 unspecified atom stereocenters. The Kier molecular flexibility index (Phi) is 9.22. The first kappa shape index (κ1) is 26.2. The molecule has 8 heteroatoms. The van der Waals surface area contributed by atoms with Gasteiger partial charge in [-0.2, -0.15) is 0 Å². The Morgan fingerprint density at radius 2 is 1.80 bits per heavy atom. The van der Waals surface area contributed by atoms with Crippen molar-refractivity contribution in [2.75, 3.05) is 12.8 Å². The number of benzene rings is 2. The zero-order valence-electron chi connectivity index (χ0n) is 19.4. The maximum atomic E-state index is 13.6. The maximum absolute atomic E-state index is 13.6. The minimum atomic E-state index is -2.26. The van der Waals surface area contributed by atoms with E-state index in [-0.39, 0.29) is 24.5 Å². The predicted octanol–water partition coefficient (Wildman–Crippen LogP) is 5.62. The van der Waals surface area contributed by atoms with E-state index in [9.17, 15) is 18.9 Å². The molecule has 1 heterocycles. The van der Waals surface area contributed by atoms with Crippen LogP contribution in [0.1, 0.15) is 37.3 Å². The monoisotopic (exact) mass is 494 g/mol. The second kappa shape index (κ2) is 12.3. The summed E-state index contributed by atoms with van der Waals surface area (Å²) in [5.74, 6) is 4.50. The molecular formula is C27H26FNO5P+. The van der Waals surface area contributed by atoms with Gasteiger partial charge in [0.2, 0.25) is 6.16 Å². The summed E-state index contributed by atoms with van der Waals surface area (Å²) in [7, 11) is -2.26. The van der Waals surface area contributed by atoms with E-state index in [0.717, 1.165) is 16.8 Å². The van der Waals surface area contributed by atoms with Gasteiger partial charge in [0.05, 0.1) is 23.4 Å². The van der Waals surface area contributed by atoms with Crippen LogP contribution in [-0.2, 0) is 13.9 Å². The number of hydrogen-bond acceptors (Lipinski definition) is 5. The third kappa shape index (κ3) is 7.53. The van der Waals surface area contributed by atoms with Crippen molar-refractivity contribution < 1.29 is 28.5 Å². The van der Waals surface area contributed by atoms with Gasteiger partial charge in [-0.25, -0.2) is 9.37 Å². The average molecular weight is 494 g/mol. The summed E-state index contributed by atoms with van der Waals surface area (Å²) in [6.45, 7) is 3.91. The van der Waals surface area contributed by atoms with Gasteiger partial charge in [0.15, 0.2) is 6.61 Å². The quantitative estimate of drug-likeness (QED) is 0.296. The lowest BCUT2D eigenvalue weighted by Crippen LogP contribution is -2.15. The lowest BCUT2D eigenvalue weighted by Gasteiger charge is -2.16. The zero-order chi connectivity index (χ0) is 25.4. The van der Waals surface area contributed by atoms with Crippen LogP contribution in [0.15, 0.2) is 60.7 Å². The molecular weight excluding hydrogens is 468 g/mol. The predicted molar refractivity (Wildman–Crippen MR) is 133 cm³/mol. The van der Waals surface area contributed by atoms with Gasteiger partial charge in [-0.05, 0) is 46.4 Å². The molecule has 0 aliphatic rings. The standard InChI is InChI=1S/C27H25FNO5P/c1-18(2)24-16-25(19-7-4-3-5-8-19)29-27(20-10-12-21(28)13-11-20)23(24)9-6-14-34-35(33)17-22(30)15-26(31)32/h3-5,7-8,10-13,16,18,22,30H,14-15,17H2,1-2H3/p+1. The molecule has 0 saturated carbocycles. The number of hydrogen-bond donors (Lipinski definition) is 2. The van der Waals surface area contributed by atoms with Crippen LogP contribution in [0.4, 0.5) is 4.39 Å². The third-order valence-corrected chi connectivity index (χ3v) is 6.26.